The number of rotatable bonds is 3. The van der Waals surface area contributed by atoms with Crippen LogP contribution in [0.4, 0.5) is 13.2 Å². The van der Waals surface area contributed by atoms with Crippen LogP contribution in [-0.2, 0) is 25.7 Å². The Bertz CT molecular complexity index is 697. The molecule has 0 aromatic carbocycles. The fraction of sp³-hybridized carbons (Fsp3) is 0.706. The number of thiazole rings is 1. The van der Waals surface area contributed by atoms with Gasteiger partial charge in [0.1, 0.15) is 5.01 Å². The molecule has 3 fully saturated rings. The molecule has 1 aromatic heterocycles. The van der Waals surface area contributed by atoms with Crippen LogP contribution in [0.2, 0.25) is 0 Å². The third-order valence-electron chi connectivity index (χ3n) is 5.11. The molecule has 4 rings (SSSR count). The van der Waals surface area contributed by atoms with Crippen molar-refractivity contribution in [3.63, 3.8) is 0 Å². The van der Waals surface area contributed by atoms with E-state index in [1.807, 2.05) is 11.6 Å². The number of aliphatic carboxylic acids is 1. The summed E-state index contributed by atoms with van der Waals surface area (Å²) in [5, 5.41) is 11.8. The molecule has 8 nitrogen and oxygen atoms in total. The van der Waals surface area contributed by atoms with Crippen LogP contribution in [0.3, 0.4) is 0 Å². The number of fused-ring (bicyclic) bond motifs is 1. The van der Waals surface area contributed by atoms with Gasteiger partial charge in [-0.05, 0) is 18.3 Å². The number of halogens is 3. The van der Waals surface area contributed by atoms with E-state index < -0.39 is 12.1 Å². The number of carboxylic acid groups (broad SMARTS) is 1. The molecule has 0 unspecified atom stereocenters. The van der Waals surface area contributed by atoms with Crippen LogP contribution >= 0.6 is 11.3 Å². The van der Waals surface area contributed by atoms with Gasteiger partial charge in [-0.15, -0.1) is 11.3 Å². The van der Waals surface area contributed by atoms with Gasteiger partial charge in [0.15, 0.2) is 0 Å². The number of likely N-dealkylation sites (tertiary alicyclic amines) is 1. The number of alkyl halides is 3. The van der Waals surface area contributed by atoms with Crippen molar-refractivity contribution in [3.8, 4) is 0 Å². The number of carbonyl (C=O) groups excluding carboxylic acids is 1. The Morgan fingerprint density at radius 2 is 2.07 bits per heavy atom. The fourth-order valence-electron chi connectivity index (χ4n) is 3.80. The van der Waals surface area contributed by atoms with E-state index in [1.54, 1.807) is 16.4 Å². The number of nitrogens with zero attached hydrogens (tertiary/aromatic N) is 3. The van der Waals surface area contributed by atoms with Crippen LogP contribution in [0.1, 0.15) is 11.4 Å². The van der Waals surface area contributed by atoms with Crippen LogP contribution in [0.15, 0.2) is 11.6 Å². The Hall–Kier alpha value is -1.76. The second kappa shape index (κ2) is 9.37. The lowest BCUT2D eigenvalue weighted by atomic mass is 9.82. The average molecular weight is 437 g/mol. The zero-order valence-electron chi connectivity index (χ0n) is 15.5. The quantitative estimate of drug-likeness (QED) is 0.769. The second-order valence-electron chi connectivity index (χ2n) is 7.12. The molecule has 3 saturated heterocycles. The third kappa shape index (κ3) is 5.65. The van der Waals surface area contributed by atoms with Crippen LogP contribution in [0.5, 0.6) is 0 Å². The van der Waals surface area contributed by atoms with Gasteiger partial charge in [-0.1, -0.05) is 0 Å². The van der Waals surface area contributed by atoms with E-state index >= 15 is 0 Å². The van der Waals surface area contributed by atoms with Crippen molar-refractivity contribution in [1.29, 1.82) is 0 Å². The second-order valence-corrected chi connectivity index (χ2v) is 8.10. The van der Waals surface area contributed by atoms with Crippen LogP contribution in [-0.4, -0.2) is 77.6 Å². The molecule has 29 heavy (non-hydrogen) atoms. The molecule has 1 amide bonds. The summed E-state index contributed by atoms with van der Waals surface area (Å²) in [4.78, 5) is 33.8. The largest absolute Gasteiger partial charge is 0.490 e. The van der Waals surface area contributed by atoms with E-state index in [1.165, 1.54) is 0 Å². The highest BCUT2D eigenvalue weighted by molar-refractivity contribution is 7.09. The van der Waals surface area contributed by atoms with Gasteiger partial charge in [0.25, 0.3) is 5.91 Å². The molecule has 1 aromatic rings. The van der Waals surface area contributed by atoms with Gasteiger partial charge >= 0.3 is 12.1 Å². The van der Waals surface area contributed by atoms with E-state index in [-0.39, 0.29) is 11.8 Å². The van der Waals surface area contributed by atoms with Crippen LogP contribution in [0, 0.1) is 17.8 Å². The van der Waals surface area contributed by atoms with Crippen molar-refractivity contribution in [3.05, 3.63) is 16.6 Å². The lowest BCUT2D eigenvalue weighted by molar-refractivity contribution is -0.192. The number of amides is 1. The number of ether oxygens (including phenoxy) is 1. The van der Waals surface area contributed by atoms with E-state index in [4.69, 9.17) is 19.5 Å². The third-order valence-corrected chi connectivity index (χ3v) is 5.88. The molecule has 0 aliphatic carbocycles. The molecular weight excluding hydrogens is 415 g/mol. The molecule has 3 aliphatic rings. The average Bonchev–Trinajstić information content (AvgIpc) is 3.42. The van der Waals surface area contributed by atoms with Gasteiger partial charge in [-0.2, -0.15) is 13.2 Å². The number of aromatic nitrogens is 1. The number of carboxylic acids is 1. The minimum atomic E-state index is -5.08. The highest BCUT2D eigenvalue weighted by Crippen LogP contribution is 2.36. The summed E-state index contributed by atoms with van der Waals surface area (Å²) in [6.07, 6.45) is -2.30. The molecule has 12 heteroatoms. The minimum Gasteiger partial charge on any atom is -0.475 e. The number of hydrogen-bond donors (Lipinski definition) is 1. The fourth-order valence-corrected chi connectivity index (χ4v) is 4.46. The maximum atomic E-state index is 12.7. The summed E-state index contributed by atoms with van der Waals surface area (Å²) in [5.74, 6) is -1.87. The lowest BCUT2D eigenvalue weighted by Crippen LogP contribution is -2.45. The zero-order valence-corrected chi connectivity index (χ0v) is 16.3. The SMILES string of the molecule is O=C(O)C(F)(F)F.O=C([C@H]1COC[C@H]2CN(Cc3nccs3)C[C@H]21)N1CCCO1. The van der Waals surface area contributed by atoms with E-state index in [0.717, 1.165) is 44.2 Å². The summed E-state index contributed by atoms with van der Waals surface area (Å²) in [6.45, 7) is 5.51. The molecule has 4 heterocycles. The molecule has 0 radical (unpaired) electrons. The smallest absolute Gasteiger partial charge is 0.475 e. The van der Waals surface area contributed by atoms with Crippen molar-refractivity contribution >= 4 is 23.2 Å². The van der Waals surface area contributed by atoms with Crippen LogP contribution in [0.25, 0.3) is 0 Å². The molecule has 0 bridgehead atoms. The standard InChI is InChI=1S/C15H21N3O3S.C2HF3O2/c19-15(18-3-1-4-21-18)13-10-20-9-11-6-17(7-12(11)13)8-14-16-2-5-22-14;3-2(4,5)1(6)7/h2,5,11-13H,1,3-4,6-10H2;(H,6,7)/t11-,12-,13+;/m1./s1. The van der Waals surface area contributed by atoms with Gasteiger partial charge < -0.3 is 9.84 Å². The van der Waals surface area contributed by atoms with Gasteiger partial charge in [0.2, 0.25) is 0 Å². The minimum absolute atomic E-state index is 0.0573. The van der Waals surface area contributed by atoms with Crippen LogP contribution < -0.4 is 0 Å². The molecule has 0 spiro atoms. The highest BCUT2D eigenvalue weighted by Gasteiger charge is 2.45. The summed E-state index contributed by atoms with van der Waals surface area (Å²) < 4.78 is 37.5. The molecular formula is C17H22F3N3O5S. The van der Waals surface area contributed by atoms with Gasteiger partial charge in [0, 0.05) is 24.7 Å². The Balaban J connectivity index is 0.000000298. The van der Waals surface area contributed by atoms with Crippen molar-refractivity contribution in [2.45, 2.75) is 19.1 Å². The number of carbonyl (C=O) groups is 2. The van der Waals surface area contributed by atoms with Crippen molar-refractivity contribution < 1.29 is 37.4 Å². The van der Waals surface area contributed by atoms with Crippen molar-refractivity contribution in [2.24, 2.45) is 17.8 Å². The summed E-state index contributed by atoms with van der Waals surface area (Å²) in [5.41, 5.74) is 0. The van der Waals surface area contributed by atoms with Gasteiger partial charge in [-0.3, -0.25) is 14.5 Å². The molecule has 3 aliphatic heterocycles. The van der Waals surface area contributed by atoms with Crippen molar-refractivity contribution in [1.82, 2.24) is 14.9 Å². The monoisotopic (exact) mass is 437 g/mol. The number of hydrogen-bond acceptors (Lipinski definition) is 7. The van der Waals surface area contributed by atoms with Crippen molar-refractivity contribution in [2.75, 3.05) is 39.5 Å². The van der Waals surface area contributed by atoms with Gasteiger partial charge in [0.05, 0.1) is 38.8 Å². The lowest BCUT2D eigenvalue weighted by Gasteiger charge is -2.33. The first-order valence-electron chi connectivity index (χ1n) is 9.18. The maximum Gasteiger partial charge on any atom is 0.490 e. The molecule has 162 valence electrons. The van der Waals surface area contributed by atoms with E-state index in [9.17, 15) is 18.0 Å². The Kier molecular flexibility index (Phi) is 7.09. The first-order valence-corrected chi connectivity index (χ1v) is 10.1. The summed E-state index contributed by atoms with van der Waals surface area (Å²) >= 11 is 1.69. The molecule has 0 saturated carbocycles. The summed E-state index contributed by atoms with van der Waals surface area (Å²) in [6, 6.07) is 0. The zero-order chi connectivity index (χ0) is 21.0. The Labute approximate surface area is 169 Å². The summed E-state index contributed by atoms with van der Waals surface area (Å²) in [7, 11) is 0. The van der Waals surface area contributed by atoms with E-state index in [0.29, 0.717) is 25.0 Å². The predicted molar refractivity (Wildman–Crippen MR) is 94.7 cm³/mol. The Morgan fingerprint density at radius 3 is 2.66 bits per heavy atom. The maximum absolute atomic E-state index is 12.7. The molecule has 3 atom stereocenters. The number of hydroxylamine groups is 2. The molecule has 1 N–H and O–H groups in total. The van der Waals surface area contributed by atoms with Gasteiger partial charge in [-0.25, -0.2) is 14.8 Å². The normalized spacial score (nSPS) is 27.3. The first-order chi connectivity index (χ1) is 13.8. The Morgan fingerprint density at radius 1 is 1.31 bits per heavy atom. The topological polar surface area (TPSA) is 92.2 Å². The van der Waals surface area contributed by atoms with E-state index in [2.05, 4.69) is 9.88 Å². The predicted octanol–water partition coefficient (Wildman–Crippen LogP) is 1.63. The highest BCUT2D eigenvalue weighted by atomic mass is 32.1. The first kappa shape index (κ1) is 21.9.